The van der Waals surface area contributed by atoms with E-state index in [1.54, 1.807) is 21.9 Å². The lowest BCUT2D eigenvalue weighted by atomic mass is 9.99. The summed E-state index contributed by atoms with van der Waals surface area (Å²) in [5, 5.41) is 2.75. The van der Waals surface area contributed by atoms with Gasteiger partial charge in [0.1, 0.15) is 0 Å². The molecule has 1 saturated carbocycles. The van der Waals surface area contributed by atoms with Gasteiger partial charge >= 0.3 is 6.09 Å². The van der Waals surface area contributed by atoms with Crippen molar-refractivity contribution in [2.75, 3.05) is 36.5 Å². The molecule has 0 aromatic heterocycles. The van der Waals surface area contributed by atoms with Crippen molar-refractivity contribution in [1.82, 2.24) is 5.32 Å². The predicted molar refractivity (Wildman–Crippen MR) is 123 cm³/mol. The smallest absolute Gasteiger partial charge is 0.414 e. The lowest BCUT2D eigenvalue weighted by Gasteiger charge is -2.40. The van der Waals surface area contributed by atoms with E-state index in [0.29, 0.717) is 36.6 Å². The topological polar surface area (TPSA) is 105 Å². The second-order valence-electron chi connectivity index (χ2n) is 8.24. The van der Waals surface area contributed by atoms with Crippen LogP contribution < -0.4 is 20.9 Å². The molecule has 0 radical (unpaired) electrons. The van der Waals surface area contributed by atoms with E-state index in [1.165, 1.54) is 7.11 Å². The van der Waals surface area contributed by atoms with E-state index in [9.17, 15) is 14.4 Å². The van der Waals surface area contributed by atoms with Crippen LogP contribution in [0.1, 0.15) is 30.1 Å². The molecule has 2 aromatic carbocycles. The molecule has 3 N–H and O–H groups in total. The third-order valence-corrected chi connectivity index (χ3v) is 5.89. The highest BCUT2D eigenvalue weighted by molar-refractivity contribution is 6.05. The molecule has 0 bridgehead atoms. The molecular weight excluding hydrogens is 408 g/mol. The normalized spacial score (nSPS) is 17.5. The van der Waals surface area contributed by atoms with Crippen LogP contribution in [0.2, 0.25) is 0 Å². The van der Waals surface area contributed by atoms with Gasteiger partial charge in [-0.05, 0) is 55.2 Å². The van der Waals surface area contributed by atoms with Crippen LogP contribution in [-0.4, -0.2) is 50.7 Å². The first-order valence-corrected chi connectivity index (χ1v) is 10.9. The second-order valence-corrected chi connectivity index (χ2v) is 8.24. The van der Waals surface area contributed by atoms with Crippen molar-refractivity contribution in [1.29, 1.82) is 0 Å². The fourth-order valence-corrected chi connectivity index (χ4v) is 4.04. The first kappa shape index (κ1) is 21.8. The molecule has 0 spiro atoms. The van der Waals surface area contributed by atoms with Crippen molar-refractivity contribution in [2.45, 2.75) is 25.8 Å². The summed E-state index contributed by atoms with van der Waals surface area (Å²) < 4.78 is 4.99. The van der Waals surface area contributed by atoms with Crippen molar-refractivity contribution in [3.05, 3.63) is 48.0 Å². The third kappa shape index (κ3) is 4.18. The van der Waals surface area contributed by atoms with Gasteiger partial charge in [-0.15, -0.1) is 0 Å². The number of hydrogen-bond donors (Lipinski definition) is 2. The van der Waals surface area contributed by atoms with Crippen LogP contribution in [-0.2, 0) is 9.53 Å². The van der Waals surface area contributed by atoms with Crippen molar-refractivity contribution >= 4 is 29.3 Å². The molecule has 168 valence electrons. The minimum Gasteiger partial charge on any atom is -0.452 e. The minimum absolute atomic E-state index is 0.0645. The van der Waals surface area contributed by atoms with Gasteiger partial charge in [-0.3, -0.25) is 14.5 Å². The molecule has 8 heteroatoms. The highest BCUT2D eigenvalue weighted by Gasteiger charge is 2.40. The van der Waals surface area contributed by atoms with Gasteiger partial charge in [0, 0.05) is 31.1 Å². The summed E-state index contributed by atoms with van der Waals surface area (Å²) in [5.74, 6) is -0.00209. The lowest BCUT2D eigenvalue weighted by molar-refractivity contribution is -0.119. The quantitative estimate of drug-likeness (QED) is 0.750. The number of ether oxygens (including phenoxy) is 1. The van der Waals surface area contributed by atoms with Gasteiger partial charge in [0.2, 0.25) is 5.91 Å². The fourth-order valence-electron chi connectivity index (χ4n) is 4.04. The molecule has 2 aromatic rings. The summed E-state index contributed by atoms with van der Waals surface area (Å²) in [6.45, 7) is 3.14. The van der Waals surface area contributed by atoms with E-state index in [0.717, 1.165) is 24.0 Å². The summed E-state index contributed by atoms with van der Waals surface area (Å²) in [5.41, 5.74) is 9.15. The Morgan fingerprint density at radius 2 is 1.75 bits per heavy atom. The Labute approximate surface area is 187 Å². The highest BCUT2D eigenvalue weighted by atomic mass is 16.5. The maximum Gasteiger partial charge on any atom is 0.414 e. The molecule has 1 aliphatic carbocycles. The number of hydrogen-bond acceptors (Lipinski definition) is 5. The number of carbonyl (C=O) groups is 3. The van der Waals surface area contributed by atoms with E-state index in [2.05, 4.69) is 5.32 Å². The van der Waals surface area contributed by atoms with Crippen molar-refractivity contribution in [3.8, 4) is 11.1 Å². The van der Waals surface area contributed by atoms with E-state index in [4.69, 9.17) is 10.5 Å². The molecule has 1 heterocycles. The zero-order chi connectivity index (χ0) is 22.8. The Bertz CT molecular complexity index is 1030. The van der Waals surface area contributed by atoms with Crippen molar-refractivity contribution < 1.29 is 19.1 Å². The Hall–Kier alpha value is -3.39. The van der Waals surface area contributed by atoms with Crippen LogP contribution in [0.15, 0.2) is 42.5 Å². The first-order chi connectivity index (χ1) is 15.4. The van der Waals surface area contributed by atoms with Gasteiger partial charge < -0.3 is 20.7 Å². The summed E-state index contributed by atoms with van der Waals surface area (Å²) in [7, 11) is 1.36. The molecule has 1 atom stereocenters. The fraction of sp³-hybridized carbons (Fsp3) is 0.375. The molecule has 32 heavy (non-hydrogen) atoms. The SMILES string of the molecule is COC(=O)N1c2ccc(-c3ccc(C(=O)NCCN)cc3)cc2N(C(=O)C2CC2)CC1C. The monoisotopic (exact) mass is 436 g/mol. The Kier molecular flexibility index (Phi) is 6.14. The Balaban J connectivity index is 1.69. The standard InChI is InChI=1S/C24H28N4O4/c1-15-14-27(23(30)18-7-8-18)21-13-19(9-10-20(21)28(15)24(31)32-2)16-3-5-17(6-4-16)22(29)26-12-11-25/h3-6,9-10,13,15,18H,7-8,11-12,14,25H2,1-2H3,(H,26,29). The number of fused-ring (bicyclic) bond motifs is 1. The van der Waals surface area contributed by atoms with Crippen LogP contribution in [0.4, 0.5) is 16.2 Å². The Morgan fingerprint density at radius 3 is 2.38 bits per heavy atom. The number of rotatable bonds is 5. The summed E-state index contributed by atoms with van der Waals surface area (Å²) in [6, 6.07) is 12.8. The molecule has 1 aliphatic heterocycles. The number of benzene rings is 2. The van der Waals surface area contributed by atoms with Gasteiger partial charge in [0.05, 0.1) is 24.5 Å². The van der Waals surface area contributed by atoms with Gasteiger partial charge in [-0.1, -0.05) is 18.2 Å². The first-order valence-electron chi connectivity index (χ1n) is 10.9. The Morgan fingerprint density at radius 1 is 1.06 bits per heavy atom. The van der Waals surface area contributed by atoms with Crippen LogP contribution in [0.25, 0.3) is 11.1 Å². The largest absolute Gasteiger partial charge is 0.452 e. The number of nitrogens with one attached hydrogen (secondary N) is 1. The van der Waals surface area contributed by atoms with Crippen LogP contribution >= 0.6 is 0 Å². The summed E-state index contributed by atoms with van der Waals surface area (Å²) in [6.07, 6.45) is 1.37. The molecule has 3 amide bonds. The average molecular weight is 437 g/mol. The maximum absolute atomic E-state index is 13.0. The lowest BCUT2D eigenvalue weighted by Crippen LogP contribution is -2.52. The van der Waals surface area contributed by atoms with Gasteiger partial charge in [-0.25, -0.2) is 4.79 Å². The molecule has 1 fully saturated rings. The predicted octanol–water partition coefficient (Wildman–Crippen LogP) is 2.76. The summed E-state index contributed by atoms with van der Waals surface area (Å²) >= 11 is 0. The van der Waals surface area contributed by atoms with Crippen LogP contribution in [0.3, 0.4) is 0 Å². The van der Waals surface area contributed by atoms with Crippen LogP contribution in [0, 0.1) is 5.92 Å². The van der Waals surface area contributed by atoms with E-state index in [1.807, 2.05) is 37.3 Å². The van der Waals surface area contributed by atoms with Gasteiger partial charge in [-0.2, -0.15) is 0 Å². The minimum atomic E-state index is -0.446. The van der Waals surface area contributed by atoms with E-state index in [-0.39, 0.29) is 23.8 Å². The van der Waals surface area contributed by atoms with Crippen molar-refractivity contribution in [2.24, 2.45) is 11.7 Å². The molecule has 0 saturated heterocycles. The molecule has 8 nitrogen and oxygen atoms in total. The molecule has 2 aliphatic rings. The van der Waals surface area contributed by atoms with Crippen LogP contribution in [0.5, 0.6) is 0 Å². The number of amides is 3. The van der Waals surface area contributed by atoms with Crippen molar-refractivity contribution in [3.63, 3.8) is 0 Å². The molecular formula is C24H28N4O4. The molecule has 4 rings (SSSR count). The third-order valence-electron chi connectivity index (χ3n) is 5.89. The van der Waals surface area contributed by atoms with Gasteiger partial charge in [0.25, 0.3) is 5.91 Å². The number of methoxy groups -OCH3 is 1. The number of nitrogens with zero attached hydrogens (tertiary/aromatic N) is 2. The van der Waals surface area contributed by atoms with E-state index >= 15 is 0 Å². The second kappa shape index (κ2) is 9.00. The zero-order valence-electron chi connectivity index (χ0n) is 18.3. The summed E-state index contributed by atoms with van der Waals surface area (Å²) in [4.78, 5) is 41.0. The van der Waals surface area contributed by atoms with Gasteiger partial charge in [0.15, 0.2) is 0 Å². The van der Waals surface area contributed by atoms with E-state index < -0.39 is 6.09 Å². The maximum atomic E-state index is 13.0. The highest BCUT2D eigenvalue weighted by Crippen LogP contribution is 2.42. The zero-order valence-corrected chi connectivity index (χ0v) is 18.3. The number of carbonyl (C=O) groups excluding carboxylic acids is 3. The number of anilines is 2. The molecule has 1 unspecified atom stereocenters. The number of nitrogens with two attached hydrogens (primary N) is 1. The average Bonchev–Trinajstić information content (AvgIpc) is 3.66.